The summed E-state index contributed by atoms with van der Waals surface area (Å²) in [5.74, 6) is -0.161. The molecule has 0 aliphatic carbocycles. The Bertz CT molecular complexity index is 1050. The number of amides is 2. The second kappa shape index (κ2) is 9.69. The van der Waals surface area contributed by atoms with Gasteiger partial charge in [-0.1, -0.05) is 0 Å². The fraction of sp³-hybridized carbons (Fsp3) is 0.333. The summed E-state index contributed by atoms with van der Waals surface area (Å²) in [7, 11) is -2.40. The zero-order valence-corrected chi connectivity index (χ0v) is 18.3. The SMILES string of the molecule is COc1ccc(NS(=O)(=O)c2cc(NC(=O)CNC(C)=O)ccc2N2CCCC2)cc1. The number of carbonyl (C=O) groups excluding carboxylic acids is 2. The molecule has 0 spiro atoms. The van der Waals surface area contributed by atoms with Gasteiger partial charge in [0.1, 0.15) is 10.6 Å². The van der Waals surface area contributed by atoms with Crippen molar-refractivity contribution in [1.29, 1.82) is 0 Å². The molecule has 0 saturated carbocycles. The van der Waals surface area contributed by atoms with Crippen LogP contribution in [-0.2, 0) is 19.6 Å². The highest BCUT2D eigenvalue weighted by Gasteiger charge is 2.25. The lowest BCUT2D eigenvalue weighted by Crippen LogP contribution is -2.31. The van der Waals surface area contributed by atoms with E-state index in [1.165, 1.54) is 20.1 Å². The average molecular weight is 447 g/mol. The highest BCUT2D eigenvalue weighted by molar-refractivity contribution is 7.92. The van der Waals surface area contributed by atoms with Gasteiger partial charge in [-0.2, -0.15) is 0 Å². The van der Waals surface area contributed by atoms with Gasteiger partial charge in [0.2, 0.25) is 11.8 Å². The predicted molar refractivity (Wildman–Crippen MR) is 119 cm³/mol. The molecule has 166 valence electrons. The molecular weight excluding hydrogens is 420 g/mol. The molecule has 1 heterocycles. The molecule has 1 aliphatic rings. The highest BCUT2D eigenvalue weighted by atomic mass is 32.2. The van der Waals surface area contributed by atoms with E-state index in [4.69, 9.17) is 4.74 Å². The van der Waals surface area contributed by atoms with Gasteiger partial charge < -0.3 is 20.3 Å². The van der Waals surface area contributed by atoms with Crippen LogP contribution >= 0.6 is 0 Å². The Morgan fingerprint density at radius 3 is 2.29 bits per heavy atom. The topological polar surface area (TPSA) is 117 Å². The summed E-state index contributed by atoms with van der Waals surface area (Å²) in [6, 6.07) is 11.4. The molecule has 0 unspecified atom stereocenters. The minimum atomic E-state index is -3.94. The van der Waals surface area contributed by atoms with Gasteiger partial charge in [-0.25, -0.2) is 8.42 Å². The van der Waals surface area contributed by atoms with Crippen molar-refractivity contribution in [3.63, 3.8) is 0 Å². The molecule has 0 bridgehead atoms. The van der Waals surface area contributed by atoms with Crippen molar-refractivity contribution in [1.82, 2.24) is 5.32 Å². The van der Waals surface area contributed by atoms with Gasteiger partial charge >= 0.3 is 0 Å². The zero-order valence-electron chi connectivity index (χ0n) is 17.5. The van der Waals surface area contributed by atoms with Crippen LogP contribution in [0.3, 0.4) is 0 Å². The largest absolute Gasteiger partial charge is 0.497 e. The molecule has 1 aliphatic heterocycles. The lowest BCUT2D eigenvalue weighted by atomic mass is 10.2. The van der Waals surface area contributed by atoms with E-state index in [0.717, 1.165) is 25.9 Å². The quantitative estimate of drug-likeness (QED) is 0.572. The van der Waals surface area contributed by atoms with Crippen LogP contribution in [0.15, 0.2) is 47.4 Å². The Morgan fingerprint density at radius 1 is 1.03 bits per heavy atom. The second-order valence-electron chi connectivity index (χ2n) is 7.17. The van der Waals surface area contributed by atoms with E-state index in [2.05, 4.69) is 15.4 Å². The van der Waals surface area contributed by atoms with Crippen LogP contribution in [-0.4, -0.2) is 47.0 Å². The molecule has 1 saturated heterocycles. The first-order chi connectivity index (χ1) is 14.8. The van der Waals surface area contributed by atoms with Gasteiger partial charge in [0.05, 0.1) is 19.3 Å². The standard InChI is InChI=1S/C21H26N4O5S/c1-15(26)22-14-21(27)23-17-7-10-19(25-11-3-4-12-25)20(13-17)31(28,29)24-16-5-8-18(30-2)9-6-16/h5-10,13,24H,3-4,11-12,14H2,1-2H3,(H,22,26)(H,23,27). The number of methoxy groups -OCH3 is 1. The number of nitrogens with one attached hydrogen (secondary N) is 3. The highest BCUT2D eigenvalue weighted by Crippen LogP contribution is 2.32. The first-order valence-electron chi connectivity index (χ1n) is 9.88. The van der Waals surface area contributed by atoms with Gasteiger partial charge in [-0.3, -0.25) is 14.3 Å². The molecule has 31 heavy (non-hydrogen) atoms. The summed E-state index contributed by atoms with van der Waals surface area (Å²) < 4.78 is 34.2. The molecule has 1 fully saturated rings. The first-order valence-corrected chi connectivity index (χ1v) is 11.4. The molecule has 3 N–H and O–H groups in total. The van der Waals surface area contributed by atoms with Crippen molar-refractivity contribution < 1.29 is 22.7 Å². The summed E-state index contributed by atoms with van der Waals surface area (Å²) in [6.07, 6.45) is 1.97. The van der Waals surface area contributed by atoms with Crippen molar-refractivity contribution in [2.75, 3.05) is 41.7 Å². The Hall–Kier alpha value is -3.27. The molecule has 0 aromatic heterocycles. The van der Waals surface area contributed by atoms with Gasteiger partial charge in [-0.15, -0.1) is 0 Å². The van der Waals surface area contributed by atoms with E-state index < -0.39 is 15.9 Å². The van der Waals surface area contributed by atoms with Gasteiger partial charge in [0.15, 0.2) is 0 Å². The van der Waals surface area contributed by atoms with E-state index >= 15 is 0 Å². The summed E-state index contributed by atoms with van der Waals surface area (Å²) in [5, 5.41) is 5.03. The van der Waals surface area contributed by atoms with Gasteiger partial charge in [0.25, 0.3) is 10.0 Å². The fourth-order valence-electron chi connectivity index (χ4n) is 3.31. The van der Waals surface area contributed by atoms with Crippen LogP contribution in [0.25, 0.3) is 0 Å². The Balaban J connectivity index is 1.89. The number of ether oxygens (including phenoxy) is 1. The number of benzene rings is 2. The van der Waals surface area contributed by atoms with Crippen molar-refractivity contribution in [3.05, 3.63) is 42.5 Å². The maximum atomic E-state index is 13.2. The van der Waals surface area contributed by atoms with E-state index in [0.29, 0.717) is 22.8 Å². The molecule has 2 aromatic rings. The molecule has 0 atom stereocenters. The van der Waals surface area contributed by atoms with Crippen LogP contribution < -0.4 is 25.0 Å². The third-order valence-electron chi connectivity index (χ3n) is 4.82. The third kappa shape index (κ3) is 5.88. The fourth-order valence-corrected chi connectivity index (χ4v) is 4.62. The molecule has 3 rings (SSSR count). The van der Waals surface area contributed by atoms with E-state index in [1.807, 2.05) is 4.90 Å². The molecule has 0 radical (unpaired) electrons. The molecule has 2 amide bonds. The van der Waals surface area contributed by atoms with Crippen molar-refractivity contribution in [2.24, 2.45) is 0 Å². The Morgan fingerprint density at radius 2 is 1.68 bits per heavy atom. The Kier molecular flexibility index (Phi) is 7.01. The molecule has 9 nitrogen and oxygen atoms in total. The van der Waals surface area contributed by atoms with Crippen molar-refractivity contribution in [3.8, 4) is 5.75 Å². The average Bonchev–Trinajstić information content (AvgIpc) is 3.27. The lowest BCUT2D eigenvalue weighted by molar-refractivity contribution is -0.122. The summed E-state index contributed by atoms with van der Waals surface area (Å²) in [6.45, 7) is 2.64. The monoisotopic (exact) mass is 446 g/mol. The zero-order chi connectivity index (χ0) is 22.4. The van der Waals surface area contributed by atoms with Crippen molar-refractivity contribution >= 4 is 38.9 Å². The van der Waals surface area contributed by atoms with Crippen LogP contribution in [0.4, 0.5) is 17.1 Å². The van der Waals surface area contributed by atoms with Gasteiger partial charge in [0, 0.05) is 31.4 Å². The molecule has 10 heteroatoms. The number of nitrogens with zero attached hydrogens (tertiary/aromatic N) is 1. The Labute approximate surface area is 181 Å². The minimum absolute atomic E-state index is 0.0718. The lowest BCUT2D eigenvalue weighted by Gasteiger charge is -2.22. The summed E-state index contributed by atoms with van der Waals surface area (Å²) in [4.78, 5) is 25.1. The maximum Gasteiger partial charge on any atom is 0.264 e. The number of hydrogen-bond acceptors (Lipinski definition) is 6. The number of carbonyl (C=O) groups is 2. The second-order valence-corrected chi connectivity index (χ2v) is 8.82. The third-order valence-corrected chi connectivity index (χ3v) is 6.23. The summed E-state index contributed by atoms with van der Waals surface area (Å²) in [5.41, 5.74) is 1.31. The van der Waals surface area contributed by atoms with Crippen LogP contribution in [0.2, 0.25) is 0 Å². The van der Waals surface area contributed by atoms with E-state index in [1.54, 1.807) is 36.4 Å². The smallest absolute Gasteiger partial charge is 0.264 e. The maximum absolute atomic E-state index is 13.2. The van der Waals surface area contributed by atoms with E-state index in [9.17, 15) is 18.0 Å². The predicted octanol–water partition coefficient (Wildman–Crippen LogP) is 2.17. The summed E-state index contributed by atoms with van der Waals surface area (Å²) >= 11 is 0. The number of sulfonamides is 1. The molecular formula is C21H26N4O5S. The number of hydrogen-bond donors (Lipinski definition) is 3. The first kappa shape index (κ1) is 22.4. The van der Waals surface area contributed by atoms with Gasteiger partial charge in [-0.05, 0) is 55.3 Å². The normalized spacial score (nSPS) is 13.5. The van der Waals surface area contributed by atoms with Crippen LogP contribution in [0.5, 0.6) is 5.75 Å². The number of rotatable bonds is 8. The number of anilines is 3. The van der Waals surface area contributed by atoms with Crippen molar-refractivity contribution in [2.45, 2.75) is 24.7 Å². The molecule has 2 aromatic carbocycles. The van der Waals surface area contributed by atoms with E-state index in [-0.39, 0.29) is 17.3 Å². The van der Waals surface area contributed by atoms with Crippen LogP contribution in [0, 0.1) is 0 Å². The van der Waals surface area contributed by atoms with Crippen LogP contribution in [0.1, 0.15) is 19.8 Å². The minimum Gasteiger partial charge on any atom is -0.497 e.